The second kappa shape index (κ2) is 5.41. The molecule has 1 saturated carbocycles. The van der Waals surface area contributed by atoms with E-state index < -0.39 is 0 Å². The molecule has 0 aromatic rings. The topological polar surface area (TPSA) is 17.1 Å². The van der Waals surface area contributed by atoms with E-state index in [9.17, 15) is 4.79 Å². The number of hydrogen-bond donors (Lipinski definition) is 0. The van der Waals surface area contributed by atoms with Crippen molar-refractivity contribution in [3.8, 4) is 0 Å². The van der Waals surface area contributed by atoms with Crippen molar-refractivity contribution in [1.29, 1.82) is 0 Å². The molecule has 1 unspecified atom stereocenters. The molecular formula is C12H22O. The van der Waals surface area contributed by atoms with Crippen LogP contribution in [0.5, 0.6) is 0 Å². The molecule has 0 aromatic heterocycles. The third-order valence-corrected chi connectivity index (χ3v) is 3.36. The molecule has 1 heteroatoms. The molecule has 1 aliphatic carbocycles. The van der Waals surface area contributed by atoms with Gasteiger partial charge in [-0.3, -0.25) is 4.79 Å². The van der Waals surface area contributed by atoms with Crippen molar-refractivity contribution >= 4 is 5.78 Å². The van der Waals surface area contributed by atoms with Crippen LogP contribution in [0.1, 0.15) is 58.8 Å². The van der Waals surface area contributed by atoms with Gasteiger partial charge < -0.3 is 0 Å². The maximum absolute atomic E-state index is 11.4. The van der Waals surface area contributed by atoms with Gasteiger partial charge in [-0.25, -0.2) is 0 Å². The van der Waals surface area contributed by atoms with E-state index >= 15 is 0 Å². The minimum absolute atomic E-state index is 0.391. The van der Waals surface area contributed by atoms with Gasteiger partial charge in [-0.1, -0.05) is 32.6 Å². The first kappa shape index (κ1) is 10.7. The second-order valence-electron chi connectivity index (χ2n) is 4.40. The van der Waals surface area contributed by atoms with E-state index in [1.165, 1.54) is 38.5 Å². The quantitative estimate of drug-likeness (QED) is 0.635. The average molecular weight is 182 g/mol. The normalized spacial score (nSPS) is 20.5. The standard InChI is InChI=1S/C12H22O/c1-3-4-9-12(10(2)13)11-7-5-6-8-11/h11-12H,3-9H2,1-2H3. The van der Waals surface area contributed by atoms with Crippen molar-refractivity contribution in [2.24, 2.45) is 11.8 Å². The van der Waals surface area contributed by atoms with Crippen molar-refractivity contribution < 1.29 is 4.79 Å². The van der Waals surface area contributed by atoms with E-state index in [1.807, 2.05) is 0 Å². The molecule has 1 aliphatic rings. The lowest BCUT2D eigenvalue weighted by Crippen LogP contribution is -2.19. The smallest absolute Gasteiger partial charge is 0.133 e. The first-order valence-corrected chi connectivity index (χ1v) is 5.76. The van der Waals surface area contributed by atoms with Crippen molar-refractivity contribution in [3.05, 3.63) is 0 Å². The molecule has 13 heavy (non-hydrogen) atoms. The number of hydrogen-bond acceptors (Lipinski definition) is 1. The molecule has 1 rings (SSSR count). The lowest BCUT2D eigenvalue weighted by molar-refractivity contribution is -0.122. The average Bonchev–Trinajstić information content (AvgIpc) is 2.57. The number of carbonyl (C=O) groups is 1. The van der Waals surface area contributed by atoms with Crippen molar-refractivity contribution in [2.45, 2.75) is 58.8 Å². The molecule has 1 nitrogen and oxygen atoms in total. The summed E-state index contributed by atoms with van der Waals surface area (Å²) in [5, 5.41) is 0. The Hall–Kier alpha value is -0.330. The Morgan fingerprint density at radius 3 is 2.46 bits per heavy atom. The molecule has 0 amide bonds. The minimum Gasteiger partial charge on any atom is -0.300 e. The molecule has 1 atom stereocenters. The highest BCUT2D eigenvalue weighted by Crippen LogP contribution is 2.34. The van der Waals surface area contributed by atoms with E-state index in [0.29, 0.717) is 11.7 Å². The number of unbranched alkanes of at least 4 members (excludes halogenated alkanes) is 1. The summed E-state index contributed by atoms with van der Waals surface area (Å²) in [6, 6.07) is 0. The van der Waals surface area contributed by atoms with Crippen molar-refractivity contribution in [1.82, 2.24) is 0 Å². The van der Waals surface area contributed by atoms with Gasteiger partial charge >= 0.3 is 0 Å². The highest BCUT2D eigenvalue weighted by atomic mass is 16.1. The summed E-state index contributed by atoms with van der Waals surface area (Å²) in [6.45, 7) is 3.98. The van der Waals surface area contributed by atoms with Crippen LogP contribution < -0.4 is 0 Å². The lowest BCUT2D eigenvalue weighted by Gasteiger charge is -2.20. The highest BCUT2D eigenvalue weighted by molar-refractivity contribution is 5.78. The fourth-order valence-corrected chi connectivity index (χ4v) is 2.55. The van der Waals surface area contributed by atoms with E-state index in [-0.39, 0.29) is 0 Å². The van der Waals surface area contributed by atoms with Crippen molar-refractivity contribution in [3.63, 3.8) is 0 Å². The molecule has 0 N–H and O–H groups in total. The molecule has 0 aromatic carbocycles. The Labute approximate surface area is 81.9 Å². The van der Waals surface area contributed by atoms with E-state index in [4.69, 9.17) is 0 Å². The Morgan fingerprint density at radius 1 is 1.38 bits per heavy atom. The summed E-state index contributed by atoms with van der Waals surface area (Å²) < 4.78 is 0. The summed E-state index contributed by atoms with van der Waals surface area (Å²) >= 11 is 0. The van der Waals surface area contributed by atoms with Gasteiger partial charge in [0.1, 0.15) is 5.78 Å². The van der Waals surface area contributed by atoms with E-state index in [2.05, 4.69) is 6.92 Å². The fraction of sp³-hybridized carbons (Fsp3) is 0.917. The minimum atomic E-state index is 0.391. The van der Waals surface area contributed by atoms with E-state index in [1.54, 1.807) is 6.92 Å². The fourth-order valence-electron chi connectivity index (χ4n) is 2.55. The monoisotopic (exact) mass is 182 g/mol. The van der Waals surface area contributed by atoms with E-state index in [0.717, 1.165) is 12.3 Å². The SMILES string of the molecule is CCCCC(C(C)=O)C1CCCC1. The van der Waals surface area contributed by atoms with Crippen LogP contribution in [0.15, 0.2) is 0 Å². The van der Waals surface area contributed by atoms with Crippen molar-refractivity contribution in [2.75, 3.05) is 0 Å². The van der Waals surface area contributed by atoms with Gasteiger partial charge in [0.05, 0.1) is 0 Å². The third-order valence-electron chi connectivity index (χ3n) is 3.36. The molecule has 0 spiro atoms. The van der Waals surface area contributed by atoms with Gasteiger partial charge in [0.15, 0.2) is 0 Å². The Bertz CT molecular complexity index is 157. The number of rotatable bonds is 5. The summed E-state index contributed by atoms with van der Waals surface area (Å²) in [6.07, 6.45) is 8.87. The largest absolute Gasteiger partial charge is 0.300 e. The first-order valence-electron chi connectivity index (χ1n) is 5.76. The zero-order chi connectivity index (χ0) is 9.68. The molecule has 0 aliphatic heterocycles. The van der Waals surface area contributed by atoms with Crippen LogP contribution in [0.4, 0.5) is 0 Å². The van der Waals surface area contributed by atoms with Gasteiger partial charge in [0.25, 0.3) is 0 Å². The Kier molecular flexibility index (Phi) is 4.47. The summed E-state index contributed by atoms with van der Waals surface area (Å²) in [5.74, 6) is 1.55. The number of ketones is 1. The maximum Gasteiger partial charge on any atom is 0.133 e. The van der Waals surface area contributed by atoms with Gasteiger partial charge in [-0.05, 0) is 32.1 Å². The summed E-state index contributed by atoms with van der Waals surface area (Å²) in [5.41, 5.74) is 0. The third kappa shape index (κ3) is 3.13. The predicted molar refractivity (Wildman–Crippen MR) is 55.7 cm³/mol. The molecule has 76 valence electrons. The van der Waals surface area contributed by atoms with Gasteiger partial charge in [-0.15, -0.1) is 0 Å². The maximum atomic E-state index is 11.4. The molecule has 0 heterocycles. The summed E-state index contributed by atoms with van der Waals surface area (Å²) in [4.78, 5) is 11.4. The molecule has 0 radical (unpaired) electrons. The molecule has 0 saturated heterocycles. The predicted octanol–water partition coefficient (Wildman–Crippen LogP) is 3.57. The van der Waals surface area contributed by atoms with Crippen LogP contribution in [0.3, 0.4) is 0 Å². The van der Waals surface area contributed by atoms with Crippen LogP contribution in [0.25, 0.3) is 0 Å². The molecule has 0 bridgehead atoms. The second-order valence-corrected chi connectivity index (χ2v) is 4.40. The Balaban J connectivity index is 2.40. The zero-order valence-electron chi connectivity index (χ0n) is 9.01. The van der Waals surface area contributed by atoms with Crippen LogP contribution >= 0.6 is 0 Å². The van der Waals surface area contributed by atoms with Gasteiger partial charge in [0, 0.05) is 5.92 Å². The van der Waals surface area contributed by atoms with Gasteiger partial charge in [-0.2, -0.15) is 0 Å². The highest BCUT2D eigenvalue weighted by Gasteiger charge is 2.27. The Morgan fingerprint density at radius 2 is 2.00 bits per heavy atom. The van der Waals surface area contributed by atoms with Crippen LogP contribution in [0, 0.1) is 11.8 Å². The molecule has 1 fully saturated rings. The van der Waals surface area contributed by atoms with Gasteiger partial charge in [0.2, 0.25) is 0 Å². The summed E-state index contributed by atoms with van der Waals surface area (Å²) in [7, 11) is 0. The first-order chi connectivity index (χ1) is 6.25. The van der Waals surface area contributed by atoms with Crippen LogP contribution in [-0.2, 0) is 4.79 Å². The zero-order valence-corrected chi connectivity index (χ0v) is 9.01. The number of carbonyl (C=O) groups excluding carboxylic acids is 1. The van der Waals surface area contributed by atoms with Crippen LogP contribution in [-0.4, -0.2) is 5.78 Å². The lowest BCUT2D eigenvalue weighted by atomic mass is 9.84. The molecular weight excluding hydrogens is 160 g/mol. The number of Topliss-reactive ketones (excluding diaryl/α,β-unsaturated/α-hetero) is 1. The van der Waals surface area contributed by atoms with Crippen LogP contribution in [0.2, 0.25) is 0 Å².